The molecular formula is C14H22N2O2. The predicted molar refractivity (Wildman–Crippen MR) is 72.2 cm³/mol. The Kier molecular flexibility index (Phi) is 7.64. The smallest absolute Gasteiger partial charge is 0.315 e. The number of urea groups is 1. The number of carbonyl (C=O) groups excluding carboxylic acids is 1. The molecule has 1 aromatic carbocycles. The van der Waals surface area contributed by atoms with Gasteiger partial charge in [-0.3, -0.25) is 0 Å². The maximum Gasteiger partial charge on any atom is 0.315 e. The molecule has 2 amide bonds. The van der Waals surface area contributed by atoms with Crippen LogP contribution in [0.3, 0.4) is 0 Å². The van der Waals surface area contributed by atoms with Gasteiger partial charge in [0.25, 0.3) is 0 Å². The van der Waals surface area contributed by atoms with E-state index in [4.69, 9.17) is 5.11 Å². The lowest BCUT2D eigenvalue weighted by molar-refractivity contribution is 0.240. The van der Waals surface area contributed by atoms with Gasteiger partial charge in [0.15, 0.2) is 0 Å². The Hall–Kier alpha value is -1.55. The first-order valence-corrected chi connectivity index (χ1v) is 6.49. The molecule has 4 nitrogen and oxygen atoms in total. The summed E-state index contributed by atoms with van der Waals surface area (Å²) in [6.07, 6.45) is 3.86. The largest absolute Gasteiger partial charge is 0.396 e. The fraction of sp³-hybridized carbons (Fsp3) is 0.500. The van der Waals surface area contributed by atoms with E-state index in [0.717, 1.165) is 31.2 Å². The van der Waals surface area contributed by atoms with Gasteiger partial charge in [-0.2, -0.15) is 0 Å². The Bertz CT molecular complexity index is 328. The van der Waals surface area contributed by atoms with Gasteiger partial charge in [0, 0.05) is 19.7 Å². The number of carbonyl (C=O) groups is 1. The van der Waals surface area contributed by atoms with Gasteiger partial charge in [0.05, 0.1) is 0 Å². The van der Waals surface area contributed by atoms with E-state index in [9.17, 15) is 4.79 Å². The molecule has 0 spiro atoms. The van der Waals surface area contributed by atoms with Crippen LogP contribution in [0.4, 0.5) is 4.79 Å². The van der Waals surface area contributed by atoms with Crippen molar-refractivity contribution in [2.45, 2.75) is 32.2 Å². The zero-order chi connectivity index (χ0) is 13.1. The van der Waals surface area contributed by atoms with Gasteiger partial charge in [-0.1, -0.05) is 43.2 Å². The summed E-state index contributed by atoms with van der Waals surface area (Å²) < 4.78 is 0. The molecule has 0 aliphatic heterocycles. The molecule has 3 N–H and O–H groups in total. The first-order chi connectivity index (χ1) is 8.83. The van der Waals surface area contributed by atoms with Crippen molar-refractivity contribution in [2.24, 2.45) is 0 Å². The van der Waals surface area contributed by atoms with Gasteiger partial charge >= 0.3 is 6.03 Å². The molecule has 0 aromatic heterocycles. The molecule has 0 unspecified atom stereocenters. The Morgan fingerprint density at radius 1 is 1.00 bits per heavy atom. The van der Waals surface area contributed by atoms with Crippen LogP contribution in [0.2, 0.25) is 0 Å². The summed E-state index contributed by atoms with van der Waals surface area (Å²) in [5, 5.41) is 14.2. The highest BCUT2D eigenvalue weighted by Gasteiger charge is 1.99. The van der Waals surface area contributed by atoms with E-state index in [1.807, 2.05) is 30.3 Å². The SMILES string of the molecule is O=C(NCCCCCCO)NCc1ccccc1. The van der Waals surface area contributed by atoms with Crippen molar-refractivity contribution >= 4 is 6.03 Å². The third-order valence-electron chi connectivity index (χ3n) is 2.67. The number of aliphatic hydroxyl groups is 1. The van der Waals surface area contributed by atoms with E-state index in [-0.39, 0.29) is 12.6 Å². The number of hydrogen-bond acceptors (Lipinski definition) is 2. The lowest BCUT2D eigenvalue weighted by Gasteiger charge is -2.07. The number of hydrogen-bond donors (Lipinski definition) is 3. The normalized spacial score (nSPS) is 10.1. The maximum absolute atomic E-state index is 11.4. The van der Waals surface area contributed by atoms with E-state index in [1.165, 1.54) is 0 Å². The molecule has 1 aromatic rings. The Morgan fingerprint density at radius 3 is 2.44 bits per heavy atom. The van der Waals surface area contributed by atoms with Crippen LogP contribution in [0.25, 0.3) is 0 Å². The highest BCUT2D eigenvalue weighted by Crippen LogP contribution is 1.98. The predicted octanol–water partition coefficient (Wildman–Crippen LogP) is 2.04. The quantitative estimate of drug-likeness (QED) is 0.618. The second-order valence-electron chi connectivity index (χ2n) is 4.23. The van der Waals surface area contributed by atoms with E-state index >= 15 is 0 Å². The van der Waals surface area contributed by atoms with Crippen LogP contribution in [-0.2, 0) is 6.54 Å². The van der Waals surface area contributed by atoms with E-state index in [2.05, 4.69) is 10.6 Å². The molecule has 0 aliphatic carbocycles. The minimum atomic E-state index is -0.124. The molecule has 18 heavy (non-hydrogen) atoms. The van der Waals surface area contributed by atoms with Crippen LogP contribution in [0.15, 0.2) is 30.3 Å². The summed E-state index contributed by atoms with van der Waals surface area (Å²) >= 11 is 0. The molecule has 0 saturated heterocycles. The van der Waals surface area contributed by atoms with Gasteiger partial charge in [0.1, 0.15) is 0 Å². The summed E-state index contributed by atoms with van der Waals surface area (Å²) in [5.41, 5.74) is 1.09. The molecule has 0 radical (unpaired) electrons. The monoisotopic (exact) mass is 250 g/mol. The molecule has 0 saturated carbocycles. The van der Waals surface area contributed by atoms with Crippen molar-refractivity contribution in [1.29, 1.82) is 0 Å². The summed E-state index contributed by atoms with van der Waals surface area (Å²) in [6, 6.07) is 9.70. The summed E-state index contributed by atoms with van der Waals surface area (Å²) in [6.45, 7) is 1.49. The summed E-state index contributed by atoms with van der Waals surface area (Å²) in [7, 11) is 0. The Labute approximate surface area is 108 Å². The van der Waals surface area contributed by atoms with Crippen LogP contribution >= 0.6 is 0 Å². The second-order valence-corrected chi connectivity index (χ2v) is 4.23. The number of aliphatic hydroxyl groups excluding tert-OH is 1. The zero-order valence-corrected chi connectivity index (χ0v) is 10.7. The molecule has 1 rings (SSSR count). The Morgan fingerprint density at radius 2 is 1.72 bits per heavy atom. The average Bonchev–Trinajstić information content (AvgIpc) is 2.41. The fourth-order valence-corrected chi connectivity index (χ4v) is 1.63. The summed E-state index contributed by atoms with van der Waals surface area (Å²) in [5.74, 6) is 0. The highest BCUT2D eigenvalue weighted by molar-refractivity contribution is 5.73. The van der Waals surface area contributed by atoms with Gasteiger partial charge in [-0.25, -0.2) is 4.79 Å². The minimum Gasteiger partial charge on any atom is -0.396 e. The van der Waals surface area contributed by atoms with Crippen LogP contribution < -0.4 is 10.6 Å². The number of rotatable bonds is 8. The third kappa shape index (κ3) is 6.91. The van der Waals surface area contributed by atoms with Crippen molar-refractivity contribution in [3.05, 3.63) is 35.9 Å². The molecule has 100 valence electrons. The third-order valence-corrected chi connectivity index (χ3v) is 2.67. The van der Waals surface area contributed by atoms with Gasteiger partial charge in [-0.05, 0) is 18.4 Å². The lowest BCUT2D eigenvalue weighted by atomic mass is 10.2. The van der Waals surface area contributed by atoms with Crippen molar-refractivity contribution in [2.75, 3.05) is 13.2 Å². The Balaban J connectivity index is 2.01. The molecule has 0 atom stereocenters. The number of benzene rings is 1. The van der Waals surface area contributed by atoms with E-state index in [1.54, 1.807) is 0 Å². The highest BCUT2D eigenvalue weighted by atomic mass is 16.2. The molecule has 0 bridgehead atoms. The van der Waals surface area contributed by atoms with Crippen LogP contribution in [0, 0.1) is 0 Å². The topological polar surface area (TPSA) is 61.4 Å². The molecule has 0 heterocycles. The van der Waals surface area contributed by atoms with Crippen LogP contribution in [0.5, 0.6) is 0 Å². The van der Waals surface area contributed by atoms with Gasteiger partial charge in [-0.15, -0.1) is 0 Å². The maximum atomic E-state index is 11.4. The molecule has 0 fully saturated rings. The van der Waals surface area contributed by atoms with Gasteiger partial charge < -0.3 is 15.7 Å². The second kappa shape index (κ2) is 9.48. The van der Waals surface area contributed by atoms with Crippen molar-refractivity contribution in [3.63, 3.8) is 0 Å². The van der Waals surface area contributed by atoms with Crippen molar-refractivity contribution in [3.8, 4) is 0 Å². The van der Waals surface area contributed by atoms with Crippen LogP contribution in [-0.4, -0.2) is 24.3 Å². The molecule has 4 heteroatoms. The number of unbranched alkanes of at least 4 members (excludes halogenated alkanes) is 3. The van der Waals surface area contributed by atoms with E-state index in [0.29, 0.717) is 13.1 Å². The molecular weight excluding hydrogens is 228 g/mol. The minimum absolute atomic E-state index is 0.124. The average molecular weight is 250 g/mol. The fourth-order valence-electron chi connectivity index (χ4n) is 1.63. The number of nitrogens with one attached hydrogen (secondary N) is 2. The van der Waals surface area contributed by atoms with Crippen LogP contribution in [0.1, 0.15) is 31.2 Å². The lowest BCUT2D eigenvalue weighted by Crippen LogP contribution is -2.35. The summed E-state index contributed by atoms with van der Waals surface area (Å²) in [4.78, 5) is 11.4. The standard InChI is InChI=1S/C14H22N2O2/c17-11-7-2-1-6-10-15-14(18)16-12-13-8-4-3-5-9-13/h3-5,8-9,17H,1-2,6-7,10-12H2,(H2,15,16,18). The van der Waals surface area contributed by atoms with Crippen molar-refractivity contribution < 1.29 is 9.90 Å². The number of amides is 2. The van der Waals surface area contributed by atoms with Gasteiger partial charge in [0.2, 0.25) is 0 Å². The zero-order valence-electron chi connectivity index (χ0n) is 10.7. The van der Waals surface area contributed by atoms with E-state index < -0.39 is 0 Å². The first-order valence-electron chi connectivity index (χ1n) is 6.49. The first kappa shape index (κ1) is 14.5. The molecule has 0 aliphatic rings. The van der Waals surface area contributed by atoms with Crippen molar-refractivity contribution in [1.82, 2.24) is 10.6 Å².